The number of nitrogens with zero attached hydrogens (tertiary/aromatic N) is 1. The van der Waals surface area contributed by atoms with Gasteiger partial charge >= 0.3 is 0 Å². The second-order valence-corrected chi connectivity index (χ2v) is 4.69. The summed E-state index contributed by atoms with van der Waals surface area (Å²) in [5.41, 5.74) is 12.7. The molecule has 1 aliphatic rings. The molecule has 1 fully saturated rings. The highest BCUT2D eigenvalue weighted by Crippen LogP contribution is 2.24. The van der Waals surface area contributed by atoms with E-state index in [-0.39, 0.29) is 30.8 Å². The van der Waals surface area contributed by atoms with Crippen LogP contribution in [0.2, 0.25) is 0 Å². The minimum Gasteiger partial charge on any atom is -0.398 e. The standard InChI is InChI=1S/C13H19N5O.2ClH/c14-11-5-4-9(18-6-2-1-3-7-18)8-10(11)12(19)17-13(15)16;;/h4-5,8H,1-3,6-7,14H2,(H4,15,16,17,19);2*1H. The number of guanidine groups is 1. The van der Waals surface area contributed by atoms with E-state index in [1.54, 1.807) is 12.1 Å². The molecule has 6 nitrogen and oxygen atoms in total. The molecule has 1 aromatic rings. The molecule has 0 unspecified atom stereocenters. The summed E-state index contributed by atoms with van der Waals surface area (Å²) in [4.78, 5) is 14.1. The number of halogens is 2. The van der Waals surface area contributed by atoms with Crippen LogP contribution in [0.1, 0.15) is 29.6 Å². The summed E-state index contributed by atoms with van der Waals surface area (Å²) < 4.78 is 0. The van der Waals surface area contributed by atoms with Gasteiger partial charge in [0.15, 0.2) is 5.96 Å². The Morgan fingerprint density at radius 3 is 2.38 bits per heavy atom. The predicted molar refractivity (Wildman–Crippen MR) is 90.8 cm³/mol. The second kappa shape index (κ2) is 8.59. The lowest BCUT2D eigenvalue weighted by Gasteiger charge is -2.29. The SMILES string of the molecule is Cl.Cl.N=C(N)NC(=O)c1cc(N2CCCCC2)ccc1N. The van der Waals surface area contributed by atoms with Gasteiger partial charge in [-0.2, -0.15) is 0 Å². The van der Waals surface area contributed by atoms with Crippen LogP contribution in [0.15, 0.2) is 18.2 Å². The number of hydrogen-bond acceptors (Lipinski definition) is 4. The van der Waals surface area contributed by atoms with E-state index in [9.17, 15) is 4.79 Å². The number of anilines is 2. The first-order valence-electron chi connectivity index (χ1n) is 6.38. The Labute approximate surface area is 136 Å². The Kier molecular flexibility index (Phi) is 7.91. The van der Waals surface area contributed by atoms with E-state index < -0.39 is 5.91 Å². The zero-order valence-corrected chi connectivity index (χ0v) is 13.2. The highest BCUT2D eigenvalue weighted by Gasteiger charge is 2.15. The van der Waals surface area contributed by atoms with Gasteiger partial charge in [-0.3, -0.25) is 15.5 Å². The van der Waals surface area contributed by atoms with Crippen LogP contribution in [0.3, 0.4) is 0 Å². The van der Waals surface area contributed by atoms with Crippen LogP contribution in [0, 0.1) is 5.41 Å². The summed E-state index contributed by atoms with van der Waals surface area (Å²) in [5, 5.41) is 9.34. The van der Waals surface area contributed by atoms with Crippen LogP contribution < -0.4 is 21.7 Å². The number of nitrogens with one attached hydrogen (secondary N) is 2. The van der Waals surface area contributed by atoms with Crippen LogP contribution in [0.4, 0.5) is 11.4 Å². The third-order valence-electron chi connectivity index (χ3n) is 3.25. The Hall–Kier alpha value is -1.66. The van der Waals surface area contributed by atoms with Gasteiger partial charge in [-0.25, -0.2) is 0 Å². The number of amides is 1. The van der Waals surface area contributed by atoms with Crippen LogP contribution in [0.25, 0.3) is 0 Å². The molecule has 6 N–H and O–H groups in total. The maximum absolute atomic E-state index is 11.9. The zero-order chi connectivity index (χ0) is 13.8. The van der Waals surface area contributed by atoms with Gasteiger partial charge in [-0.05, 0) is 37.5 Å². The Balaban J connectivity index is 0.00000200. The molecule has 1 saturated heterocycles. The number of benzene rings is 1. The average molecular weight is 334 g/mol. The fourth-order valence-corrected chi connectivity index (χ4v) is 2.28. The van der Waals surface area contributed by atoms with Gasteiger partial charge in [-0.1, -0.05) is 0 Å². The predicted octanol–water partition coefficient (Wildman–Crippen LogP) is 1.73. The number of nitrogen functional groups attached to an aromatic ring is 1. The molecular formula is C13H21Cl2N5O. The van der Waals surface area contributed by atoms with Gasteiger partial charge < -0.3 is 16.4 Å². The molecule has 0 spiro atoms. The summed E-state index contributed by atoms with van der Waals surface area (Å²) in [6, 6.07) is 5.41. The number of rotatable bonds is 2. The quantitative estimate of drug-likeness (QED) is 0.375. The fourth-order valence-electron chi connectivity index (χ4n) is 2.28. The summed E-state index contributed by atoms with van der Waals surface area (Å²) in [6.45, 7) is 2.00. The zero-order valence-electron chi connectivity index (χ0n) is 11.6. The van der Waals surface area contributed by atoms with Crippen LogP contribution in [-0.2, 0) is 0 Å². The summed E-state index contributed by atoms with van der Waals surface area (Å²) >= 11 is 0. The second-order valence-electron chi connectivity index (χ2n) is 4.69. The van der Waals surface area contributed by atoms with E-state index in [4.69, 9.17) is 16.9 Å². The smallest absolute Gasteiger partial charge is 0.260 e. The lowest BCUT2D eigenvalue weighted by atomic mass is 10.1. The molecule has 1 aliphatic heterocycles. The van der Waals surface area contributed by atoms with Crippen molar-refractivity contribution in [2.24, 2.45) is 5.73 Å². The largest absolute Gasteiger partial charge is 0.398 e. The van der Waals surface area contributed by atoms with E-state index >= 15 is 0 Å². The van der Waals surface area contributed by atoms with Gasteiger partial charge in [0, 0.05) is 24.5 Å². The van der Waals surface area contributed by atoms with Crippen LogP contribution >= 0.6 is 24.8 Å². The molecule has 0 atom stereocenters. The average Bonchev–Trinajstić information content (AvgIpc) is 2.39. The molecule has 8 heteroatoms. The monoisotopic (exact) mass is 333 g/mol. The Morgan fingerprint density at radius 2 is 1.81 bits per heavy atom. The van der Waals surface area contributed by atoms with Gasteiger partial charge in [0.25, 0.3) is 5.91 Å². The first kappa shape index (κ1) is 19.3. The summed E-state index contributed by atoms with van der Waals surface area (Å²) in [6.07, 6.45) is 3.59. The maximum Gasteiger partial charge on any atom is 0.260 e. The maximum atomic E-state index is 11.9. The molecule has 1 aromatic carbocycles. The molecule has 0 saturated carbocycles. The van der Waals surface area contributed by atoms with Crippen molar-refractivity contribution in [3.05, 3.63) is 23.8 Å². The highest BCUT2D eigenvalue weighted by molar-refractivity contribution is 6.07. The van der Waals surface area contributed by atoms with Gasteiger partial charge in [0.2, 0.25) is 0 Å². The Bertz CT molecular complexity index is 503. The normalized spacial score (nSPS) is 13.6. The first-order chi connectivity index (χ1) is 9.08. The third kappa shape index (κ3) is 4.99. The topological polar surface area (TPSA) is 108 Å². The van der Waals surface area contributed by atoms with Crippen molar-refractivity contribution in [3.8, 4) is 0 Å². The molecule has 1 heterocycles. The molecule has 21 heavy (non-hydrogen) atoms. The van der Waals surface area contributed by atoms with E-state index in [1.165, 1.54) is 19.3 Å². The molecular weight excluding hydrogens is 313 g/mol. The van der Waals surface area contributed by atoms with Crippen LogP contribution in [0.5, 0.6) is 0 Å². The Morgan fingerprint density at radius 1 is 1.19 bits per heavy atom. The third-order valence-corrected chi connectivity index (χ3v) is 3.25. The van der Waals surface area contributed by atoms with Crippen molar-refractivity contribution < 1.29 is 4.79 Å². The van der Waals surface area contributed by atoms with E-state index in [0.717, 1.165) is 18.8 Å². The van der Waals surface area contributed by atoms with Crippen molar-refractivity contribution in [1.29, 1.82) is 5.41 Å². The van der Waals surface area contributed by atoms with Crippen LogP contribution in [-0.4, -0.2) is 25.0 Å². The van der Waals surface area contributed by atoms with E-state index in [0.29, 0.717) is 11.3 Å². The number of piperidine rings is 1. The van der Waals surface area contributed by atoms with Crippen molar-refractivity contribution in [3.63, 3.8) is 0 Å². The minimum atomic E-state index is -0.441. The number of nitrogens with two attached hydrogens (primary N) is 2. The summed E-state index contributed by atoms with van der Waals surface area (Å²) in [7, 11) is 0. The number of carbonyl (C=O) groups excluding carboxylic acids is 1. The minimum absolute atomic E-state index is 0. The van der Waals surface area contributed by atoms with Crippen molar-refractivity contribution in [1.82, 2.24) is 5.32 Å². The molecule has 118 valence electrons. The molecule has 0 aromatic heterocycles. The van der Waals surface area contributed by atoms with Gasteiger partial charge in [0.1, 0.15) is 0 Å². The number of hydrogen-bond donors (Lipinski definition) is 4. The van der Waals surface area contributed by atoms with Crippen molar-refractivity contribution in [2.45, 2.75) is 19.3 Å². The highest BCUT2D eigenvalue weighted by atomic mass is 35.5. The lowest BCUT2D eigenvalue weighted by Crippen LogP contribution is -2.36. The molecule has 0 radical (unpaired) electrons. The van der Waals surface area contributed by atoms with Crippen molar-refractivity contribution in [2.75, 3.05) is 23.7 Å². The molecule has 0 aliphatic carbocycles. The van der Waals surface area contributed by atoms with E-state index in [1.807, 2.05) is 6.07 Å². The van der Waals surface area contributed by atoms with E-state index in [2.05, 4.69) is 10.2 Å². The van der Waals surface area contributed by atoms with Crippen molar-refractivity contribution >= 4 is 48.1 Å². The summed E-state index contributed by atoms with van der Waals surface area (Å²) in [5.74, 6) is -0.823. The molecule has 1 amide bonds. The molecule has 2 rings (SSSR count). The van der Waals surface area contributed by atoms with Gasteiger partial charge in [0.05, 0.1) is 5.56 Å². The number of carbonyl (C=O) groups is 1. The first-order valence-corrected chi connectivity index (χ1v) is 6.38. The van der Waals surface area contributed by atoms with Gasteiger partial charge in [-0.15, -0.1) is 24.8 Å². The molecule has 0 bridgehead atoms. The lowest BCUT2D eigenvalue weighted by molar-refractivity contribution is 0.0977. The fraction of sp³-hybridized carbons (Fsp3) is 0.385.